The van der Waals surface area contributed by atoms with Crippen LogP contribution in [0, 0.1) is 0 Å². The Morgan fingerprint density at radius 2 is 1.91 bits per heavy atom. The van der Waals surface area contributed by atoms with E-state index in [1.165, 1.54) is 6.39 Å². The average molecular weight is 477 g/mol. The number of nitrogens with one attached hydrogen (secondary N) is 2. The molecule has 4 aromatic rings. The van der Waals surface area contributed by atoms with Crippen LogP contribution >= 0.6 is 0 Å². The standard InChI is InChI=1S/C26H28N4O5/c1-32-24-4-3-17(11-22(24)28-5-6-30-7-9-34-10-8-30)20-13-23(31)18-12-19(26-15-27-16-35-26)25(33-2)14-21(18)29-20/h3-4,11-16,28H,5-10H2,1-2H3,(H,29,31). The molecule has 1 aliphatic heterocycles. The molecule has 2 aromatic carbocycles. The summed E-state index contributed by atoms with van der Waals surface area (Å²) in [5.41, 5.74) is 3.69. The van der Waals surface area contributed by atoms with Gasteiger partial charge in [-0.3, -0.25) is 9.69 Å². The van der Waals surface area contributed by atoms with Crippen LogP contribution in [-0.4, -0.2) is 68.5 Å². The second-order valence-electron chi connectivity index (χ2n) is 8.31. The molecule has 5 rings (SSSR count). The SMILES string of the molecule is COc1ccc(-c2cc(=O)c3cc(-c4cnco4)c(OC)cc3[nH]2)cc1NCCN1CCOCC1. The number of morpholine rings is 1. The molecule has 9 nitrogen and oxygen atoms in total. The molecule has 0 atom stereocenters. The predicted octanol–water partition coefficient (Wildman–Crippen LogP) is 3.61. The van der Waals surface area contributed by atoms with Crippen LogP contribution in [0.2, 0.25) is 0 Å². The van der Waals surface area contributed by atoms with Crippen molar-refractivity contribution >= 4 is 16.6 Å². The molecule has 1 saturated heterocycles. The second-order valence-corrected chi connectivity index (χ2v) is 8.31. The summed E-state index contributed by atoms with van der Waals surface area (Å²) in [5.74, 6) is 1.87. The normalized spacial score (nSPS) is 14.2. The highest BCUT2D eigenvalue weighted by Crippen LogP contribution is 2.34. The number of methoxy groups -OCH3 is 2. The number of fused-ring (bicyclic) bond motifs is 1. The summed E-state index contributed by atoms with van der Waals surface area (Å²) in [6.07, 6.45) is 2.94. The van der Waals surface area contributed by atoms with Gasteiger partial charge in [0.2, 0.25) is 0 Å². The minimum atomic E-state index is -0.102. The summed E-state index contributed by atoms with van der Waals surface area (Å²) in [7, 11) is 3.24. The number of benzene rings is 2. The molecular formula is C26H28N4O5. The number of rotatable bonds is 8. The molecule has 0 amide bonds. The highest BCUT2D eigenvalue weighted by Gasteiger charge is 2.15. The van der Waals surface area contributed by atoms with E-state index in [0.717, 1.165) is 56.4 Å². The minimum absolute atomic E-state index is 0.102. The lowest BCUT2D eigenvalue weighted by Crippen LogP contribution is -2.39. The molecule has 0 aliphatic carbocycles. The van der Waals surface area contributed by atoms with Gasteiger partial charge in [0.1, 0.15) is 11.5 Å². The lowest BCUT2D eigenvalue weighted by atomic mass is 10.0. The zero-order valence-electron chi connectivity index (χ0n) is 19.8. The number of aromatic nitrogens is 2. The first kappa shape index (κ1) is 22.9. The summed E-state index contributed by atoms with van der Waals surface area (Å²) >= 11 is 0. The third-order valence-corrected chi connectivity index (χ3v) is 6.21. The third kappa shape index (κ3) is 4.87. The number of H-pyrrole nitrogens is 1. The van der Waals surface area contributed by atoms with Gasteiger partial charge in [-0.15, -0.1) is 0 Å². The summed E-state index contributed by atoms with van der Waals surface area (Å²) in [6.45, 7) is 5.13. The van der Waals surface area contributed by atoms with Gasteiger partial charge in [0, 0.05) is 55.0 Å². The van der Waals surface area contributed by atoms with E-state index in [1.54, 1.807) is 32.5 Å². The molecule has 2 N–H and O–H groups in total. The Morgan fingerprint density at radius 3 is 2.66 bits per heavy atom. The van der Waals surface area contributed by atoms with Gasteiger partial charge in [-0.1, -0.05) is 0 Å². The van der Waals surface area contributed by atoms with Crippen molar-refractivity contribution in [2.45, 2.75) is 0 Å². The van der Waals surface area contributed by atoms with E-state index in [9.17, 15) is 4.79 Å². The van der Waals surface area contributed by atoms with E-state index in [-0.39, 0.29) is 5.43 Å². The number of aromatic amines is 1. The predicted molar refractivity (Wildman–Crippen MR) is 134 cm³/mol. The van der Waals surface area contributed by atoms with Crippen LogP contribution in [0.25, 0.3) is 33.5 Å². The number of anilines is 1. The van der Waals surface area contributed by atoms with Crippen molar-refractivity contribution in [2.75, 3.05) is 58.9 Å². The van der Waals surface area contributed by atoms with Crippen molar-refractivity contribution in [1.82, 2.24) is 14.9 Å². The van der Waals surface area contributed by atoms with Gasteiger partial charge in [-0.2, -0.15) is 0 Å². The number of hydrogen-bond acceptors (Lipinski definition) is 8. The van der Waals surface area contributed by atoms with E-state index in [4.69, 9.17) is 18.6 Å². The summed E-state index contributed by atoms with van der Waals surface area (Å²) in [5, 5.41) is 4.02. The van der Waals surface area contributed by atoms with E-state index in [1.807, 2.05) is 24.3 Å². The Kier molecular flexibility index (Phi) is 6.69. The first-order chi connectivity index (χ1) is 17.2. The van der Waals surface area contributed by atoms with Crippen LogP contribution in [0.15, 0.2) is 58.2 Å². The maximum absolute atomic E-state index is 13.1. The van der Waals surface area contributed by atoms with E-state index >= 15 is 0 Å². The van der Waals surface area contributed by atoms with Crippen LogP contribution < -0.4 is 20.2 Å². The number of hydrogen-bond donors (Lipinski definition) is 2. The van der Waals surface area contributed by atoms with Crippen LogP contribution in [0.4, 0.5) is 5.69 Å². The van der Waals surface area contributed by atoms with Gasteiger partial charge in [-0.05, 0) is 24.3 Å². The van der Waals surface area contributed by atoms with Crippen LogP contribution in [0.5, 0.6) is 11.5 Å². The van der Waals surface area contributed by atoms with E-state index in [2.05, 4.69) is 20.2 Å². The van der Waals surface area contributed by atoms with Crippen LogP contribution in [0.3, 0.4) is 0 Å². The molecule has 2 aromatic heterocycles. The fourth-order valence-electron chi connectivity index (χ4n) is 4.33. The number of oxazole rings is 1. The molecule has 35 heavy (non-hydrogen) atoms. The fourth-order valence-corrected chi connectivity index (χ4v) is 4.33. The quantitative estimate of drug-likeness (QED) is 0.398. The molecule has 0 spiro atoms. The summed E-state index contributed by atoms with van der Waals surface area (Å²) < 4.78 is 21.9. The van der Waals surface area contributed by atoms with E-state index < -0.39 is 0 Å². The van der Waals surface area contributed by atoms with Crippen molar-refractivity contribution in [1.29, 1.82) is 0 Å². The number of pyridine rings is 1. The Labute approximate surface area is 202 Å². The fraction of sp³-hybridized carbons (Fsp3) is 0.308. The van der Waals surface area contributed by atoms with Crippen molar-refractivity contribution in [3.63, 3.8) is 0 Å². The van der Waals surface area contributed by atoms with Gasteiger partial charge in [0.25, 0.3) is 0 Å². The molecule has 9 heteroatoms. The minimum Gasteiger partial charge on any atom is -0.496 e. The Bertz CT molecular complexity index is 1360. The summed E-state index contributed by atoms with van der Waals surface area (Å²) in [6, 6.07) is 11.0. The largest absolute Gasteiger partial charge is 0.496 e. The Hall–Kier alpha value is -3.82. The van der Waals surface area contributed by atoms with Gasteiger partial charge >= 0.3 is 0 Å². The first-order valence-electron chi connectivity index (χ1n) is 11.5. The first-order valence-corrected chi connectivity index (χ1v) is 11.5. The van der Waals surface area contributed by atoms with Crippen molar-refractivity contribution in [3.8, 4) is 34.1 Å². The molecule has 0 bridgehead atoms. The highest BCUT2D eigenvalue weighted by molar-refractivity contribution is 5.89. The van der Waals surface area contributed by atoms with Crippen molar-refractivity contribution in [3.05, 3.63) is 59.2 Å². The molecular weight excluding hydrogens is 448 g/mol. The second kappa shape index (κ2) is 10.2. The summed E-state index contributed by atoms with van der Waals surface area (Å²) in [4.78, 5) is 22.8. The highest BCUT2D eigenvalue weighted by atomic mass is 16.5. The molecule has 1 fully saturated rings. The molecule has 0 saturated carbocycles. The lowest BCUT2D eigenvalue weighted by Gasteiger charge is -2.26. The number of nitrogens with zero attached hydrogens (tertiary/aromatic N) is 2. The van der Waals surface area contributed by atoms with Gasteiger partial charge in [-0.25, -0.2) is 4.98 Å². The third-order valence-electron chi connectivity index (χ3n) is 6.21. The van der Waals surface area contributed by atoms with Gasteiger partial charge < -0.3 is 28.9 Å². The monoisotopic (exact) mass is 476 g/mol. The van der Waals surface area contributed by atoms with Crippen molar-refractivity contribution < 1.29 is 18.6 Å². The molecule has 0 radical (unpaired) electrons. The van der Waals surface area contributed by atoms with Crippen LogP contribution in [0.1, 0.15) is 0 Å². The van der Waals surface area contributed by atoms with Gasteiger partial charge in [0.15, 0.2) is 17.6 Å². The Balaban J connectivity index is 1.45. The topological polar surface area (TPSA) is 102 Å². The zero-order chi connectivity index (χ0) is 24.2. The Morgan fingerprint density at radius 1 is 1.09 bits per heavy atom. The zero-order valence-corrected chi connectivity index (χ0v) is 19.8. The smallest absolute Gasteiger partial charge is 0.190 e. The number of ether oxygens (including phenoxy) is 3. The van der Waals surface area contributed by atoms with Crippen LogP contribution in [-0.2, 0) is 4.74 Å². The molecule has 3 heterocycles. The molecule has 1 aliphatic rings. The van der Waals surface area contributed by atoms with E-state index in [0.29, 0.717) is 33.7 Å². The lowest BCUT2D eigenvalue weighted by molar-refractivity contribution is 0.0398. The van der Waals surface area contributed by atoms with Crippen molar-refractivity contribution in [2.24, 2.45) is 0 Å². The molecule has 0 unspecified atom stereocenters. The van der Waals surface area contributed by atoms with Gasteiger partial charge in [0.05, 0.1) is 50.4 Å². The maximum Gasteiger partial charge on any atom is 0.190 e. The maximum atomic E-state index is 13.1. The average Bonchev–Trinajstić information content (AvgIpc) is 3.43. The molecule has 182 valence electrons.